The standard InChI is InChI=1S/C17H15F3N2O3S2/c1-11-15(27(23,24)22(2)10-12-6-4-3-5-7-12)9-14(26-11)13-8-16(25-21-13)17(18,19)20/h3-9H,10H2,1-2H3. The Morgan fingerprint density at radius 3 is 2.44 bits per heavy atom. The molecule has 0 fully saturated rings. The van der Waals surface area contributed by atoms with Crippen LogP contribution in [-0.2, 0) is 22.7 Å². The minimum atomic E-state index is -4.65. The van der Waals surface area contributed by atoms with Crippen LogP contribution >= 0.6 is 11.3 Å². The van der Waals surface area contributed by atoms with Crippen LogP contribution in [0.2, 0.25) is 0 Å². The summed E-state index contributed by atoms with van der Waals surface area (Å²) in [6, 6.07) is 11.2. The molecule has 2 aromatic heterocycles. The van der Waals surface area contributed by atoms with E-state index in [0.717, 1.165) is 23.0 Å². The third-order valence-corrected chi connectivity index (χ3v) is 6.98. The van der Waals surface area contributed by atoms with Gasteiger partial charge in [0.2, 0.25) is 15.8 Å². The summed E-state index contributed by atoms with van der Waals surface area (Å²) in [5, 5.41) is 3.41. The van der Waals surface area contributed by atoms with Crippen LogP contribution in [0.4, 0.5) is 13.2 Å². The van der Waals surface area contributed by atoms with E-state index >= 15 is 0 Å². The van der Waals surface area contributed by atoms with Gasteiger partial charge in [0.25, 0.3) is 0 Å². The van der Waals surface area contributed by atoms with Gasteiger partial charge in [0.15, 0.2) is 0 Å². The number of thiophene rings is 1. The molecular formula is C17H15F3N2O3S2. The first-order valence-electron chi connectivity index (χ1n) is 7.74. The molecule has 2 heterocycles. The van der Waals surface area contributed by atoms with Crippen molar-refractivity contribution in [3.8, 4) is 10.6 Å². The Balaban J connectivity index is 1.90. The molecule has 1 aromatic carbocycles. The molecule has 0 spiro atoms. The Morgan fingerprint density at radius 2 is 1.85 bits per heavy atom. The normalized spacial score (nSPS) is 12.7. The van der Waals surface area contributed by atoms with Gasteiger partial charge in [-0.25, -0.2) is 8.42 Å². The van der Waals surface area contributed by atoms with E-state index in [1.165, 1.54) is 17.4 Å². The van der Waals surface area contributed by atoms with Crippen LogP contribution in [0.5, 0.6) is 0 Å². The topological polar surface area (TPSA) is 63.4 Å². The number of benzene rings is 1. The second kappa shape index (κ2) is 7.10. The molecule has 0 amide bonds. The summed E-state index contributed by atoms with van der Waals surface area (Å²) < 4.78 is 69.3. The number of rotatable bonds is 5. The highest BCUT2D eigenvalue weighted by atomic mass is 32.2. The van der Waals surface area contributed by atoms with Gasteiger partial charge in [-0.05, 0) is 18.6 Å². The average molecular weight is 416 g/mol. The SMILES string of the molecule is Cc1sc(-c2cc(C(F)(F)F)on2)cc1S(=O)(=O)N(C)Cc1ccccc1. The van der Waals surface area contributed by atoms with Crippen LogP contribution in [0.25, 0.3) is 10.6 Å². The fraction of sp³-hybridized carbons (Fsp3) is 0.235. The van der Waals surface area contributed by atoms with Crippen molar-refractivity contribution < 1.29 is 26.1 Å². The van der Waals surface area contributed by atoms with Crippen LogP contribution in [0.1, 0.15) is 16.2 Å². The summed E-state index contributed by atoms with van der Waals surface area (Å²) in [6.45, 7) is 1.78. The summed E-state index contributed by atoms with van der Waals surface area (Å²) in [4.78, 5) is 0.789. The number of aromatic nitrogens is 1. The molecule has 0 atom stereocenters. The Bertz CT molecular complexity index is 1040. The zero-order valence-corrected chi connectivity index (χ0v) is 16.0. The number of alkyl halides is 3. The quantitative estimate of drug-likeness (QED) is 0.612. The van der Waals surface area contributed by atoms with Crippen LogP contribution in [0.3, 0.4) is 0 Å². The van der Waals surface area contributed by atoms with Gasteiger partial charge in [0.05, 0.1) is 9.77 Å². The largest absolute Gasteiger partial charge is 0.452 e. The molecule has 0 radical (unpaired) electrons. The summed E-state index contributed by atoms with van der Waals surface area (Å²) >= 11 is 1.05. The highest BCUT2D eigenvalue weighted by Gasteiger charge is 2.36. The van der Waals surface area contributed by atoms with Crippen molar-refractivity contribution in [2.24, 2.45) is 0 Å². The van der Waals surface area contributed by atoms with Crippen LogP contribution in [0.15, 0.2) is 51.9 Å². The van der Waals surface area contributed by atoms with Gasteiger partial charge in [-0.2, -0.15) is 17.5 Å². The zero-order valence-electron chi connectivity index (χ0n) is 14.3. The minimum Gasteiger partial charge on any atom is -0.351 e. The van der Waals surface area contributed by atoms with Gasteiger partial charge in [0, 0.05) is 24.5 Å². The smallest absolute Gasteiger partial charge is 0.351 e. The molecule has 0 saturated carbocycles. The maximum absolute atomic E-state index is 12.9. The second-order valence-electron chi connectivity index (χ2n) is 5.85. The van der Waals surface area contributed by atoms with Crippen LogP contribution in [0, 0.1) is 6.92 Å². The second-order valence-corrected chi connectivity index (χ2v) is 9.12. The number of sulfonamides is 1. The Morgan fingerprint density at radius 1 is 1.19 bits per heavy atom. The van der Waals surface area contributed by atoms with Crippen molar-refractivity contribution in [1.82, 2.24) is 9.46 Å². The lowest BCUT2D eigenvalue weighted by molar-refractivity contribution is -0.155. The lowest BCUT2D eigenvalue weighted by atomic mass is 10.2. The molecule has 27 heavy (non-hydrogen) atoms. The first kappa shape index (κ1) is 19.6. The predicted molar refractivity (Wildman–Crippen MR) is 94.6 cm³/mol. The summed E-state index contributed by atoms with van der Waals surface area (Å²) in [5.41, 5.74) is 0.769. The van der Waals surface area contributed by atoms with Crippen LogP contribution in [-0.4, -0.2) is 24.9 Å². The molecule has 0 N–H and O–H groups in total. The van der Waals surface area contributed by atoms with Crippen LogP contribution < -0.4 is 0 Å². The van der Waals surface area contributed by atoms with Gasteiger partial charge in [-0.1, -0.05) is 35.5 Å². The van der Waals surface area contributed by atoms with Crippen molar-refractivity contribution >= 4 is 21.4 Å². The molecule has 0 unspecified atom stereocenters. The summed E-state index contributed by atoms with van der Waals surface area (Å²) in [6.07, 6.45) is -4.65. The average Bonchev–Trinajstić information content (AvgIpc) is 3.22. The Labute approximate surface area is 158 Å². The molecule has 0 bridgehead atoms. The van der Waals surface area contributed by atoms with Crippen molar-refractivity contribution in [3.05, 3.63) is 58.7 Å². The molecule has 10 heteroatoms. The predicted octanol–water partition coefficient (Wildman–Crippen LogP) is 4.55. The maximum Gasteiger partial charge on any atom is 0.452 e. The molecule has 5 nitrogen and oxygen atoms in total. The van der Waals surface area contributed by atoms with Gasteiger partial charge in [-0.15, -0.1) is 11.3 Å². The van der Waals surface area contributed by atoms with E-state index in [2.05, 4.69) is 9.68 Å². The van der Waals surface area contributed by atoms with Gasteiger partial charge in [0.1, 0.15) is 5.69 Å². The van der Waals surface area contributed by atoms with Crippen molar-refractivity contribution in [2.75, 3.05) is 7.05 Å². The van der Waals surface area contributed by atoms with Gasteiger partial charge >= 0.3 is 6.18 Å². The molecule has 0 saturated heterocycles. The van der Waals surface area contributed by atoms with E-state index in [9.17, 15) is 21.6 Å². The lowest BCUT2D eigenvalue weighted by Gasteiger charge is -2.17. The Kier molecular flexibility index (Phi) is 5.15. The third-order valence-electron chi connectivity index (χ3n) is 3.85. The highest BCUT2D eigenvalue weighted by Crippen LogP contribution is 2.37. The Hall–Kier alpha value is -2.17. The molecule has 0 aliphatic carbocycles. The zero-order chi connectivity index (χ0) is 19.8. The summed E-state index contributed by atoms with van der Waals surface area (Å²) in [5.74, 6) is -1.23. The fourth-order valence-corrected chi connectivity index (χ4v) is 5.13. The van der Waals surface area contributed by atoms with Crippen molar-refractivity contribution in [1.29, 1.82) is 0 Å². The number of halogens is 3. The first-order valence-corrected chi connectivity index (χ1v) is 9.99. The number of aryl methyl sites for hydroxylation is 1. The molecule has 144 valence electrons. The monoisotopic (exact) mass is 416 g/mol. The van der Waals surface area contributed by atoms with E-state index in [4.69, 9.17) is 0 Å². The van der Waals surface area contributed by atoms with Gasteiger partial charge < -0.3 is 4.52 Å². The van der Waals surface area contributed by atoms with E-state index in [-0.39, 0.29) is 17.1 Å². The van der Waals surface area contributed by atoms with Crippen molar-refractivity contribution in [3.63, 3.8) is 0 Å². The van der Waals surface area contributed by atoms with E-state index in [1.807, 2.05) is 30.3 Å². The molecule has 3 aromatic rings. The fourth-order valence-electron chi connectivity index (χ4n) is 2.47. The number of nitrogens with zero attached hydrogens (tertiary/aromatic N) is 2. The molecule has 3 rings (SSSR count). The summed E-state index contributed by atoms with van der Waals surface area (Å²) in [7, 11) is -2.36. The molecular weight excluding hydrogens is 401 g/mol. The highest BCUT2D eigenvalue weighted by molar-refractivity contribution is 7.89. The number of hydrogen-bond donors (Lipinski definition) is 0. The van der Waals surface area contributed by atoms with Crippen molar-refractivity contribution in [2.45, 2.75) is 24.5 Å². The van der Waals surface area contributed by atoms with E-state index in [0.29, 0.717) is 9.75 Å². The lowest BCUT2D eigenvalue weighted by Crippen LogP contribution is -2.26. The van der Waals surface area contributed by atoms with E-state index in [1.54, 1.807) is 6.92 Å². The maximum atomic E-state index is 12.9. The minimum absolute atomic E-state index is 0.0393. The molecule has 0 aliphatic heterocycles. The first-order chi connectivity index (χ1) is 12.6. The van der Waals surface area contributed by atoms with E-state index < -0.39 is 22.0 Å². The third kappa shape index (κ3) is 4.07. The number of hydrogen-bond acceptors (Lipinski definition) is 5. The van der Waals surface area contributed by atoms with Gasteiger partial charge in [-0.3, -0.25) is 0 Å². The molecule has 0 aliphatic rings.